The Morgan fingerprint density at radius 3 is 2.65 bits per heavy atom. The van der Waals surface area contributed by atoms with E-state index in [1.807, 2.05) is 12.1 Å². The summed E-state index contributed by atoms with van der Waals surface area (Å²) in [6.07, 6.45) is 5.49. The quantitative estimate of drug-likeness (QED) is 0.865. The second kappa shape index (κ2) is 4.79. The first kappa shape index (κ1) is 15.1. The number of fused-ring (bicyclic) bond motifs is 3. The topological polar surface area (TPSA) is 38.3 Å². The summed E-state index contributed by atoms with van der Waals surface area (Å²) in [5, 5.41) is 3.66. The Labute approximate surface area is 136 Å². The molecule has 0 amide bonds. The highest BCUT2D eigenvalue weighted by atomic mass is 19.1. The lowest BCUT2D eigenvalue weighted by Crippen LogP contribution is -2.66. The predicted molar refractivity (Wildman–Crippen MR) is 85.1 cm³/mol. The van der Waals surface area contributed by atoms with E-state index in [-0.39, 0.29) is 22.6 Å². The van der Waals surface area contributed by atoms with Gasteiger partial charge < -0.3 is 10.1 Å². The van der Waals surface area contributed by atoms with Gasteiger partial charge in [0.05, 0.1) is 12.5 Å². The number of esters is 1. The normalized spacial score (nSPS) is 40.6. The van der Waals surface area contributed by atoms with Gasteiger partial charge in [-0.25, -0.2) is 4.39 Å². The van der Waals surface area contributed by atoms with Crippen LogP contribution in [0.5, 0.6) is 0 Å². The van der Waals surface area contributed by atoms with Gasteiger partial charge in [0.1, 0.15) is 5.82 Å². The lowest BCUT2D eigenvalue weighted by molar-refractivity contribution is -0.190. The van der Waals surface area contributed by atoms with Crippen molar-refractivity contribution >= 4 is 5.97 Å². The number of rotatable bonds is 4. The van der Waals surface area contributed by atoms with E-state index < -0.39 is 0 Å². The Balaban J connectivity index is 1.53. The summed E-state index contributed by atoms with van der Waals surface area (Å²) in [7, 11) is 1.50. The number of carbonyl (C=O) groups excluding carboxylic acids is 1. The molecule has 1 N–H and O–H groups in total. The molecule has 2 atom stereocenters. The van der Waals surface area contributed by atoms with Crippen molar-refractivity contribution in [3.63, 3.8) is 0 Å². The molecular weight excluding hydrogens is 293 g/mol. The van der Waals surface area contributed by atoms with Crippen LogP contribution in [0.2, 0.25) is 0 Å². The number of carbonyl (C=O) groups is 1. The van der Waals surface area contributed by atoms with Crippen molar-refractivity contribution in [2.24, 2.45) is 16.2 Å². The number of nitrogens with one attached hydrogen (secondary N) is 1. The van der Waals surface area contributed by atoms with Crippen molar-refractivity contribution in [1.29, 1.82) is 0 Å². The van der Waals surface area contributed by atoms with Gasteiger partial charge in [0.25, 0.3) is 0 Å². The molecule has 3 nitrogen and oxygen atoms in total. The third-order valence-corrected chi connectivity index (χ3v) is 7.11. The zero-order chi connectivity index (χ0) is 16.3. The minimum absolute atomic E-state index is 0.0544. The third kappa shape index (κ3) is 1.94. The molecule has 0 unspecified atom stereocenters. The van der Waals surface area contributed by atoms with Crippen LogP contribution in [0.1, 0.15) is 44.6 Å². The molecule has 5 aliphatic carbocycles. The second-order valence-corrected chi connectivity index (χ2v) is 8.08. The maximum atomic E-state index is 13.0. The van der Waals surface area contributed by atoms with Gasteiger partial charge in [-0.05, 0) is 67.6 Å². The van der Waals surface area contributed by atoms with Gasteiger partial charge in [0.15, 0.2) is 0 Å². The molecule has 5 saturated carbocycles. The second-order valence-electron chi connectivity index (χ2n) is 8.08. The van der Waals surface area contributed by atoms with E-state index in [2.05, 4.69) is 12.2 Å². The molecule has 23 heavy (non-hydrogen) atoms. The maximum absolute atomic E-state index is 13.0. The number of benzene rings is 1. The number of ether oxygens (including phenoxy) is 1. The standard InChI is InChI=1S/C19H24FNO2/c1-17(16(22)23-2)9-15(18-7-8-19(17,11-18)12-18)21-10-13-3-5-14(20)6-4-13/h3-6,15,21H,7-12H2,1-2H3/t15-,17+,18?,19?/m1/s1. The van der Waals surface area contributed by atoms with Crippen LogP contribution >= 0.6 is 0 Å². The minimum Gasteiger partial charge on any atom is -0.469 e. The predicted octanol–water partition coefficient (Wildman–Crippen LogP) is 3.43. The van der Waals surface area contributed by atoms with Crippen LogP contribution in [0.15, 0.2) is 24.3 Å². The van der Waals surface area contributed by atoms with Crippen molar-refractivity contribution in [3.05, 3.63) is 35.6 Å². The van der Waals surface area contributed by atoms with Crippen LogP contribution in [-0.4, -0.2) is 19.1 Å². The molecule has 0 heterocycles. The molecular formula is C19H24FNO2. The number of hydrogen-bond donors (Lipinski definition) is 1. The van der Waals surface area contributed by atoms with Gasteiger partial charge >= 0.3 is 5.97 Å². The Morgan fingerprint density at radius 1 is 1.30 bits per heavy atom. The molecule has 5 aliphatic rings. The Morgan fingerprint density at radius 2 is 2.00 bits per heavy atom. The van der Waals surface area contributed by atoms with Crippen molar-refractivity contribution in [2.45, 2.75) is 51.6 Å². The summed E-state index contributed by atoms with van der Waals surface area (Å²) in [5.41, 5.74) is 1.25. The van der Waals surface area contributed by atoms with E-state index in [4.69, 9.17) is 4.74 Å². The van der Waals surface area contributed by atoms with Crippen LogP contribution in [0.25, 0.3) is 0 Å². The zero-order valence-corrected chi connectivity index (χ0v) is 13.8. The largest absolute Gasteiger partial charge is 0.469 e. The highest BCUT2D eigenvalue weighted by Gasteiger charge is 2.76. The average Bonchev–Trinajstić information content (AvgIpc) is 3.06. The van der Waals surface area contributed by atoms with E-state index in [0.717, 1.165) is 37.8 Å². The zero-order valence-electron chi connectivity index (χ0n) is 13.8. The van der Waals surface area contributed by atoms with Crippen molar-refractivity contribution in [3.8, 4) is 0 Å². The van der Waals surface area contributed by atoms with Crippen LogP contribution in [0.3, 0.4) is 0 Å². The van der Waals surface area contributed by atoms with Gasteiger partial charge in [-0.15, -0.1) is 0 Å². The SMILES string of the molecule is COC(=O)[C@]1(C)C[C@@H](NCc2ccc(F)cc2)C23CCC1(C2)C3. The molecule has 5 fully saturated rings. The van der Waals surface area contributed by atoms with Crippen LogP contribution in [0, 0.1) is 22.1 Å². The monoisotopic (exact) mass is 317 g/mol. The fourth-order valence-electron chi connectivity index (χ4n) is 5.72. The first-order valence-corrected chi connectivity index (χ1v) is 8.49. The minimum atomic E-state index is -0.375. The van der Waals surface area contributed by atoms with Gasteiger partial charge in [-0.3, -0.25) is 4.79 Å². The Bertz CT molecular complexity index is 635. The van der Waals surface area contributed by atoms with E-state index >= 15 is 0 Å². The fraction of sp³-hybridized carbons (Fsp3) is 0.632. The highest BCUT2D eigenvalue weighted by Crippen LogP contribution is 2.79. The summed E-state index contributed by atoms with van der Waals surface area (Å²) in [5.74, 6) is -0.260. The molecule has 4 heteroatoms. The van der Waals surface area contributed by atoms with Gasteiger partial charge in [0, 0.05) is 12.6 Å². The number of hydrogen-bond acceptors (Lipinski definition) is 3. The fourth-order valence-corrected chi connectivity index (χ4v) is 5.72. The van der Waals surface area contributed by atoms with E-state index in [0.29, 0.717) is 11.5 Å². The molecule has 124 valence electrons. The van der Waals surface area contributed by atoms with Crippen LogP contribution in [0.4, 0.5) is 4.39 Å². The molecule has 1 aromatic rings. The maximum Gasteiger partial charge on any atom is 0.312 e. The first-order valence-electron chi connectivity index (χ1n) is 8.49. The molecule has 0 radical (unpaired) electrons. The summed E-state index contributed by atoms with van der Waals surface area (Å²) in [6.45, 7) is 2.82. The van der Waals surface area contributed by atoms with Crippen molar-refractivity contribution < 1.29 is 13.9 Å². The lowest BCUT2D eigenvalue weighted by atomic mass is 9.41. The molecule has 0 spiro atoms. The highest BCUT2D eigenvalue weighted by molar-refractivity contribution is 5.78. The molecule has 0 aromatic heterocycles. The number of methoxy groups -OCH3 is 1. The van der Waals surface area contributed by atoms with Crippen molar-refractivity contribution in [2.75, 3.05) is 7.11 Å². The summed E-state index contributed by atoms with van der Waals surface area (Å²) in [6, 6.07) is 6.97. The third-order valence-electron chi connectivity index (χ3n) is 7.11. The Hall–Kier alpha value is -1.42. The van der Waals surface area contributed by atoms with E-state index in [1.165, 1.54) is 25.7 Å². The lowest BCUT2D eigenvalue weighted by Gasteiger charge is -2.64. The molecule has 1 aromatic carbocycles. The number of halogens is 1. The van der Waals surface area contributed by atoms with E-state index in [1.54, 1.807) is 0 Å². The van der Waals surface area contributed by atoms with Crippen molar-refractivity contribution in [1.82, 2.24) is 5.32 Å². The molecule has 0 saturated heterocycles. The van der Waals surface area contributed by atoms with Crippen LogP contribution in [-0.2, 0) is 16.1 Å². The van der Waals surface area contributed by atoms with Gasteiger partial charge in [-0.1, -0.05) is 12.1 Å². The molecule has 0 aliphatic heterocycles. The summed E-state index contributed by atoms with van der Waals surface area (Å²) in [4.78, 5) is 12.5. The van der Waals surface area contributed by atoms with Gasteiger partial charge in [0.2, 0.25) is 0 Å². The smallest absolute Gasteiger partial charge is 0.312 e. The molecule has 2 bridgehead atoms. The van der Waals surface area contributed by atoms with Crippen LogP contribution < -0.4 is 5.32 Å². The molecule has 6 rings (SSSR count). The Kier molecular flexibility index (Phi) is 3.15. The summed E-state index contributed by atoms with van der Waals surface area (Å²) >= 11 is 0. The van der Waals surface area contributed by atoms with Gasteiger partial charge in [-0.2, -0.15) is 0 Å². The van der Waals surface area contributed by atoms with E-state index in [9.17, 15) is 9.18 Å². The average molecular weight is 317 g/mol. The summed E-state index contributed by atoms with van der Waals surface area (Å²) < 4.78 is 18.2. The first-order chi connectivity index (χ1) is 10.9.